The molecule has 1 saturated heterocycles. The second kappa shape index (κ2) is 4.82. The highest BCUT2D eigenvalue weighted by Crippen LogP contribution is 2.33. The number of nitrogens with one attached hydrogen (secondary N) is 1. The Morgan fingerprint density at radius 2 is 1.93 bits per heavy atom. The van der Waals surface area contributed by atoms with Gasteiger partial charge in [0.15, 0.2) is 0 Å². The Labute approximate surface area is 105 Å². The summed E-state index contributed by atoms with van der Waals surface area (Å²) in [6.45, 7) is 2.37. The summed E-state index contributed by atoms with van der Waals surface area (Å²) in [5, 5.41) is 12.9. The molecule has 1 heterocycles. The fourth-order valence-corrected chi connectivity index (χ4v) is 2.62. The first-order valence-electron chi connectivity index (χ1n) is 4.65. The van der Waals surface area contributed by atoms with Crippen molar-refractivity contribution in [3.05, 3.63) is 26.6 Å². The molecule has 0 atom stereocenters. The van der Waals surface area contributed by atoms with Gasteiger partial charge in [0.25, 0.3) is 0 Å². The minimum Gasteiger partial charge on any atom is -0.506 e. The standard InChI is InChI=1S/C10H11Br2NO2/c11-8-1-6(2-9(12)10(8)14)3-13-7-4-15-5-7/h1-2,7,13-14H,3-5H2. The maximum absolute atomic E-state index is 9.53. The molecule has 82 valence electrons. The maximum Gasteiger partial charge on any atom is 0.143 e. The van der Waals surface area contributed by atoms with E-state index >= 15 is 0 Å². The van der Waals surface area contributed by atoms with E-state index in [1.54, 1.807) is 0 Å². The zero-order valence-corrected chi connectivity index (χ0v) is 11.1. The fraction of sp³-hybridized carbons (Fsp3) is 0.400. The number of ether oxygens (including phenoxy) is 1. The number of hydrogen-bond acceptors (Lipinski definition) is 3. The first kappa shape index (κ1) is 11.4. The van der Waals surface area contributed by atoms with E-state index in [1.807, 2.05) is 12.1 Å². The summed E-state index contributed by atoms with van der Waals surface area (Å²) in [6.07, 6.45) is 0. The zero-order chi connectivity index (χ0) is 10.8. The van der Waals surface area contributed by atoms with Crippen LogP contribution in [0.4, 0.5) is 0 Å². The predicted molar refractivity (Wildman–Crippen MR) is 65.0 cm³/mol. The van der Waals surface area contributed by atoms with Gasteiger partial charge in [-0.1, -0.05) is 0 Å². The molecule has 1 aliphatic rings. The molecule has 0 radical (unpaired) electrons. The van der Waals surface area contributed by atoms with E-state index in [4.69, 9.17) is 4.74 Å². The summed E-state index contributed by atoms with van der Waals surface area (Å²) in [5.74, 6) is 0.241. The highest BCUT2D eigenvalue weighted by molar-refractivity contribution is 9.11. The van der Waals surface area contributed by atoms with E-state index in [1.165, 1.54) is 0 Å². The van der Waals surface area contributed by atoms with Crippen LogP contribution in [0.3, 0.4) is 0 Å². The number of benzene rings is 1. The van der Waals surface area contributed by atoms with Crippen LogP contribution in [0, 0.1) is 0 Å². The minimum atomic E-state index is 0.241. The molecule has 5 heteroatoms. The largest absolute Gasteiger partial charge is 0.506 e. The van der Waals surface area contributed by atoms with Crippen molar-refractivity contribution in [2.45, 2.75) is 12.6 Å². The van der Waals surface area contributed by atoms with Gasteiger partial charge in [0.2, 0.25) is 0 Å². The van der Waals surface area contributed by atoms with Gasteiger partial charge >= 0.3 is 0 Å². The molecule has 0 aromatic heterocycles. The Hall–Kier alpha value is -0.100. The molecule has 2 rings (SSSR count). The highest BCUT2D eigenvalue weighted by atomic mass is 79.9. The minimum absolute atomic E-state index is 0.241. The van der Waals surface area contributed by atoms with E-state index in [0.717, 1.165) is 25.3 Å². The van der Waals surface area contributed by atoms with Crippen LogP contribution in [-0.2, 0) is 11.3 Å². The second-order valence-electron chi connectivity index (χ2n) is 3.52. The Kier molecular flexibility index (Phi) is 3.66. The second-order valence-corrected chi connectivity index (χ2v) is 5.23. The number of aromatic hydroxyl groups is 1. The number of halogens is 2. The molecule has 1 aromatic rings. The third kappa shape index (κ3) is 2.72. The van der Waals surface area contributed by atoms with Gasteiger partial charge in [0.05, 0.1) is 28.2 Å². The van der Waals surface area contributed by atoms with E-state index < -0.39 is 0 Å². The molecular formula is C10H11Br2NO2. The highest BCUT2D eigenvalue weighted by Gasteiger charge is 2.17. The summed E-state index contributed by atoms with van der Waals surface area (Å²) in [4.78, 5) is 0. The summed E-state index contributed by atoms with van der Waals surface area (Å²) < 4.78 is 6.48. The summed E-state index contributed by atoms with van der Waals surface area (Å²) in [6, 6.07) is 4.29. The molecule has 0 spiro atoms. The van der Waals surface area contributed by atoms with Gasteiger partial charge in [-0.15, -0.1) is 0 Å². The van der Waals surface area contributed by atoms with Crippen molar-refractivity contribution in [2.75, 3.05) is 13.2 Å². The van der Waals surface area contributed by atoms with Crippen molar-refractivity contribution in [3.8, 4) is 5.75 Å². The third-order valence-corrected chi connectivity index (χ3v) is 3.52. The first-order valence-corrected chi connectivity index (χ1v) is 6.23. The van der Waals surface area contributed by atoms with Crippen LogP contribution in [0.2, 0.25) is 0 Å². The van der Waals surface area contributed by atoms with Gasteiger partial charge in [-0.05, 0) is 49.6 Å². The average molecular weight is 337 g/mol. The van der Waals surface area contributed by atoms with Crippen molar-refractivity contribution in [3.63, 3.8) is 0 Å². The van der Waals surface area contributed by atoms with Gasteiger partial charge in [-0.25, -0.2) is 0 Å². The molecule has 2 N–H and O–H groups in total. The molecule has 1 aliphatic heterocycles. The lowest BCUT2D eigenvalue weighted by molar-refractivity contribution is -0.00578. The molecular weight excluding hydrogens is 326 g/mol. The molecule has 15 heavy (non-hydrogen) atoms. The van der Waals surface area contributed by atoms with Crippen molar-refractivity contribution >= 4 is 31.9 Å². The van der Waals surface area contributed by atoms with E-state index in [9.17, 15) is 5.11 Å². The smallest absolute Gasteiger partial charge is 0.143 e. The molecule has 0 bridgehead atoms. The van der Waals surface area contributed by atoms with Crippen molar-refractivity contribution in [1.82, 2.24) is 5.32 Å². The summed E-state index contributed by atoms with van der Waals surface area (Å²) in [5.41, 5.74) is 1.12. The first-order chi connectivity index (χ1) is 7.16. The normalized spacial score (nSPS) is 16.4. The molecule has 0 amide bonds. The Morgan fingerprint density at radius 3 is 2.40 bits per heavy atom. The predicted octanol–water partition coefficient (Wildman–Crippen LogP) is 2.41. The number of phenols is 1. The zero-order valence-electron chi connectivity index (χ0n) is 7.96. The van der Waals surface area contributed by atoms with E-state index in [2.05, 4.69) is 37.2 Å². The number of rotatable bonds is 3. The average Bonchev–Trinajstić information content (AvgIpc) is 2.11. The van der Waals surface area contributed by atoms with E-state index in [0.29, 0.717) is 15.0 Å². The van der Waals surface area contributed by atoms with Gasteiger partial charge in [0, 0.05) is 6.54 Å². The molecule has 1 fully saturated rings. The van der Waals surface area contributed by atoms with Gasteiger partial charge in [-0.2, -0.15) is 0 Å². The lowest BCUT2D eigenvalue weighted by atomic mass is 10.2. The van der Waals surface area contributed by atoms with Crippen LogP contribution in [0.15, 0.2) is 21.1 Å². The van der Waals surface area contributed by atoms with Crippen LogP contribution >= 0.6 is 31.9 Å². The molecule has 0 aliphatic carbocycles. The monoisotopic (exact) mass is 335 g/mol. The van der Waals surface area contributed by atoms with Gasteiger partial charge < -0.3 is 15.2 Å². The lowest BCUT2D eigenvalue weighted by Gasteiger charge is -2.27. The Bertz CT molecular complexity index is 343. The molecule has 1 aromatic carbocycles. The Morgan fingerprint density at radius 1 is 1.33 bits per heavy atom. The van der Waals surface area contributed by atoms with Crippen molar-refractivity contribution in [1.29, 1.82) is 0 Å². The van der Waals surface area contributed by atoms with Crippen LogP contribution in [0.25, 0.3) is 0 Å². The fourth-order valence-electron chi connectivity index (χ4n) is 1.34. The SMILES string of the molecule is Oc1c(Br)cc(CNC2COC2)cc1Br. The van der Waals surface area contributed by atoms with Gasteiger partial charge in [-0.3, -0.25) is 0 Å². The van der Waals surface area contributed by atoms with Crippen LogP contribution in [0.1, 0.15) is 5.56 Å². The summed E-state index contributed by atoms with van der Waals surface area (Å²) in [7, 11) is 0. The van der Waals surface area contributed by atoms with Crippen molar-refractivity contribution in [2.24, 2.45) is 0 Å². The van der Waals surface area contributed by atoms with Crippen LogP contribution in [0.5, 0.6) is 5.75 Å². The summed E-state index contributed by atoms with van der Waals surface area (Å²) >= 11 is 6.60. The molecule has 3 nitrogen and oxygen atoms in total. The maximum atomic E-state index is 9.53. The lowest BCUT2D eigenvalue weighted by Crippen LogP contribution is -2.45. The van der Waals surface area contributed by atoms with Crippen molar-refractivity contribution < 1.29 is 9.84 Å². The number of hydrogen-bond donors (Lipinski definition) is 2. The van der Waals surface area contributed by atoms with Gasteiger partial charge in [0.1, 0.15) is 5.75 Å². The topological polar surface area (TPSA) is 41.5 Å². The quantitative estimate of drug-likeness (QED) is 0.890. The number of phenolic OH excluding ortho intramolecular Hbond substituents is 1. The van der Waals surface area contributed by atoms with Crippen LogP contribution in [-0.4, -0.2) is 24.4 Å². The Balaban J connectivity index is 2.01. The molecule has 0 unspecified atom stereocenters. The third-order valence-electron chi connectivity index (χ3n) is 2.31. The molecule has 0 saturated carbocycles. The van der Waals surface area contributed by atoms with E-state index in [-0.39, 0.29) is 5.75 Å². The van der Waals surface area contributed by atoms with Crippen LogP contribution < -0.4 is 5.32 Å².